The molecule has 0 aliphatic carbocycles. The zero-order chi connectivity index (χ0) is 20.0. The van der Waals surface area contributed by atoms with Crippen LogP contribution in [0.3, 0.4) is 0 Å². The molecule has 0 aromatic heterocycles. The van der Waals surface area contributed by atoms with Crippen molar-refractivity contribution >= 4 is 29.1 Å². The third kappa shape index (κ3) is 5.18. The molecule has 0 aliphatic rings. The lowest BCUT2D eigenvalue weighted by Gasteiger charge is -2.18. The third-order valence-corrected chi connectivity index (χ3v) is 4.05. The Morgan fingerprint density at radius 1 is 1.22 bits per heavy atom. The maximum absolute atomic E-state index is 12.3. The van der Waals surface area contributed by atoms with Crippen molar-refractivity contribution in [2.24, 2.45) is 0 Å². The number of benzene rings is 2. The second-order valence-electron chi connectivity index (χ2n) is 5.65. The van der Waals surface area contributed by atoms with Gasteiger partial charge in [0.05, 0.1) is 4.92 Å². The summed E-state index contributed by atoms with van der Waals surface area (Å²) in [5.74, 6) is -0.689. The number of hydrogen-bond acceptors (Lipinski definition) is 5. The Balaban J connectivity index is 2.01. The predicted octanol–water partition coefficient (Wildman–Crippen LogP) is 3.18. The normalized spacial score (nSPS) is 11.4. The molecule has 9 heteroatoms. The molecule has 0 aliphatic heterocycles. The minimum absolute atomic E-state index is 0.0146. The van der Waals surface area contributed by atoms with Gasteiger partial charge >= 0.3 is 0 Å². The van der Waals surface area contributed by atoms with Crippen molar-refractivity contribution in [1.29, 1.82) is 0 Å². The average molecular weight is 392 g/mol. The molecule has 27 heavy (non-hydrogen) atoms. The van der Waals surface area contributed by atoms with Gasteiger partial charge in [-0.15, -0.1) is 0 Å². The van der Waals surface area contributed by atoms with Gasteiger partial charge in [-0.3, -0.25) is 30.6 Å². The molecule has 0 saturated heterocycles. The molecule has 142 valence electrons. The topological polar surface area (TPSA) is 111 Å². The lowest BCUT2D eigenvalue weighted by molar-refractivity contribution is -0.384. The van der Waals surface area contributed by atoms with Gasteiger partial charge in [0, 0.05) is 11.6 Å². The number of hydrazine groups is 1. The van der Waals surface area contributed by atoms with E-state index < -0.39 is 28.5 Å². The summed E-state index contributed by atoms with van der Waals surface area (Å²) < 4.78 is 5.69. The van der Waals surface area contributed by atoms with Gasteiger partial charge in [0.2, 0.25) is 0 Å². The van der Waals surface area contributed by atoms with Gasteiger partial charge < -0.3 is 4.74 Å². The van der Waals surface area contributed by atoms with Crippen LogP contribution in [0, 0.1) is 17.0 Å². The number of ether oxygens (including phenoxy) is 1. The SMILES string of the molecule is CCC(Oc1ccccc1C)C(=O)NNC(=O)c1ccc(Cl)c([N+](=O)[O-])c1. The van der Waals surface area contributed by atoms with Crippen LogP contribution in [-0.2, 0) is 4.79 Å². The number of nitrogens with one attached hydrogen (secondary N) is 2. The van der Waals surface area contributed by atoms with E-state index in [1.165, 1.54) is 12.1 Å². The van der Waals surface area contributed by atoms with Crippen molar-refractivity contribution in [3.63, 3.8) is 0 Å². The standard InChI is InChI=1S/C18H18ClN3O5/c1-3-15(27-16-7-5-4-6-11(16)2)18(24)21-20-17(23)12-8-9-13(19)14(10-12)22(25)26/h4-10,15H,3H2,1-2H3,(H,20,23)(H,21,24). The Morgan fingerprint density at radius 3 is 2.56 bits per heavy atom. The van der Waals surface area contributed by atoms with Crippen molar-refractivity contribution in [1.82, 2.24) is 10.9 Å². The van der Waals surface area contributed by atoms with E-state index in [-0.39, 0.29) is 10.6 Å². The number of halogens is 1. The Labute approximate surface area is 160 Å². The van der Waals surface area contributed by atoms with Gasteiger partial charge in [-0.05, 0) is 37.1 Å². The van der Waals surface area contributed by atoms with Crippen LogP contribution < -0.4 is 15.6 Å². The fourth-order valence-corrected chi connectivity index (χ4v) is 2.42. The summed E-state index contributed by atoms with van der Waals surface area (Å²) in [6.45, 7) is 3.63. The molecule has 1 unspecified atom stereocenters. The quantitative estimate of drug-likeness (QED) is 0.580. The van der Waals surface area contributed by atoms with Crippen molar-refractivity contribution in [2.75, 3.05) is 0 Å². The van der Waals surface area contributed by atoms with Gasteiger partial charge in [-0.2, -0.15) is 0 Å². The van der Waals surface area contributed by atoms with E-state index in [4.69, 9.17) is 16.3 Å². The molecule has 2 amide bonds. The Morgan fingerprint density at radius 2 is 1.93 bits per heavy atom. The number of aryl methyl sites for hydroxylation is 1. The highest BCUT2D eigenvalue weighted by atomic mass is 35.5. The Bertz CT molecular complexity index is 872. The Kier molecular flexibility index (Phi) is 6.73. The van der Waals surface area contributed by atoms with E-state index in [9.17, 15) is 19.7 Å². The molecule has 2 rings (SSSR count). The number of rotatable bonds is 6. The molecule has 1 atom stereocenters. The van der Waals surface area contributed by atoms with Crippen molar-refractivity contribution in [2.45, 2.75) is 26.4 Å². The summed E-state index contributed by atoms with van der Waals surface area (Å²) in [5.41, 5.74) is 4.95. The second-order valence-corrected chi connectivity index (χ2v) is 6.05. The molecular formula is C18H18ClN3O5. The largest absolute Gasteiger partial charge is 0.480 e. The highest BCUT2D eigenvalue weighted by Crippen LogP contribution is 2.25. The van der Waals surface area contributed by atoms with Gasteiger partial charge in [-0.25, -0.2) is 0 Å². The van der Waals surface area contributed by atoms with E-state index in [0.717, 1.165) is 11.6 Å². The van der Waals surface area contributed by atoms with E-state index >= 15 is 0 Å². The zero-order valence-corrected chi connectivity index (χ0v) is 15.4. The smallest absolute Gasteiger partial charge is 0.288 e. The van der Waals surface area contributed by atoms with Crippen LogP contribution >= 0.6 is 11.6 Å². The summed E-state index contributed by atoms with van der Waals surface area (Å²) >= 11 is 5.71. The highest BCUT2D eigenvalue weighted by Gasteiger charge is 2.21. The summed E-state index contributed by atoms with van der Waals surface area (Å²) in [7, 11) is 0. The number of amides is 2. The van der Waals surface area contributed by atoms with E-state index in [2.05, 4.69) is 10.9 Å². The first-order valence-corrected chi connectivity index (χ1v) is 8.47. The number of para-hydroxylation sites is 1. The minimum atomic E-state index is -0.814. The molecule has 0 radical (unpaired) electrons. The minimum Gasteiger partial charge on any atom is -0.480 e. The predicted molar refractivity (Wildman–Crippen MR) is 99.6 cm³/mol. The fraction of sp³-hybridized carbons (Fsp3) is 0.222. The van der Waals surface area contributed by atoms with Gasteiger partial charge in [0.25, 0.3) is 17.5 Å². The van der Waals surface area contributed by atoms with Crippen molar-refractivity contribution in [3.05, 3.63) is 68.7 Å². The van der Waals surface area contributed by atoms with Crippen LogP contribution in [0.5, 0.6) is 5.75 Å². The highest BCUT2D eigenvalue weighted by molar-refractivity contribution is 6.32. The lowest BCUT2D eigenvalue weighted by atomic mass is 10.2. The summed E-state index contributed by atoms with van der Waals surface area (Å²) in [4.78, 5) is 34.6. The number of nitrogens with zero attached hydrogens (tertiary/aromatic N) is 1. The number of carbonyl (C=O) groups excluding carboxylic acids is 2. The molecule has 2 N–H and O–H groups in total. The second kappa shape index (κ2) is 9.00. The van der Waals surface area contributed by atoms with E-state index in [0.29, 0.717) is 12.2 Å². The van der Waals surface area contributed by atoms with Crippen LogP contribution in [-0.4, -0.2) is 22.8 Å². The lowest BCUT2D eigenvalue weighted by Crippen LogP contribution is -2.48. The Hall–Kier alpha value is -3.13. The molecule has 8 nitrogen and oxygen atoms in total. The number of nitro groups is 1. The van der Waals surface area contributed by atoms with Crippen molar-refractivity contribution < 1.29 is 19.2 Å². The first kappa shape index (κ1) is 20.2. The van der Waals surface area contributed by atoms with Crippen LogP contribution in [0.15, 0.2) is 42.5 Å². The first-order chi connectivity index (χ1) is 12.8. The molecule has 0 fully saturated rings. The van der Waals surface area contributed by atoms with Crippen LogP contribution in [0.4, 0.5) is 5.69 Å². The zero-order valence-electron chi connectivity index (χ0n) is 14.7. The van der Waals surface area contributed by atoms with E-state index in [1.807, 2.05) is 19.1 Å². The molecule has 0 heterocycles. The van der Waals surface area contributed by atoms with Gasteiger partial charge in [0.15, 0.2) is 6.10 Å². The molecule has 2 aromatic rings. The molecule has 0 spiro atoms. The molecular weight excluding hydrogens is 374 g/mol. The van der Waals surface area contributed by atoms with Crippen LogP contribution in [0.1, 0.15) is 29.3 Å². The molecule has 2 aromatic carbocycles. The van der Waals surface area contributed by atoms with Crippen molar-refractivity contribution in [3.8, 4) is 5.75 Å². The van der Waals surface area contributed by atoms with E-state index in [1.54, 1.807) is 19.1 Å². The van der Waals surface area contributed by atoms with Crippen LogP contribution in [0.2, 0.25) is 5.02 Å². The third-order valence-electron chi connectivity index (χ3n) is 3.73. The average Bonchev–Trinajstić information content (AvgIpc) is 2.65. The van der Waals surface area contributed by atoms with Gasteiger partial charge in [0.1, 0.15) is 10.8 Å². The summed E-state index contributed by atoms with van der Waals surface area (Å²) in [6, 6.07) is 10.8. The number of carbonyl (C=O) groups is 2. The number of hydrogen-bond donors (Lipinski definition) is 2. The monoisotopic (exact) mass is 391 g/mol. The van der Waals surface area contributed by atoms with Crippen LogP contribution in [0.25, 0.3) is 0 Å². The molecule has 0 bridgehead atoms. The van der Waals surface area contributed by atoms with Gasteiger partial charge in [-0.1, -0.05) is 36.7 Å². The molecule has 0 saturated carbocycles. The summed E-state index contributed by atoms with van der Waals surface area (Å²) in [5, 5.41) is 10.8. The summed E-state index contributed by atoms with van der Waals surface area (Å²) in [6.07, 6.45) is -0.436. The maximum atomic E-state index is 12.3. The maximum Gasteiger partial charge on any atom is 0.288 e. The first-order valence-electron chi connectivity index (χ1n) is 8.10. The fourth-order valence-electron chi connectivity index (χ4n) is 2.23. The number of nitro benzene ring substituents is 1.